The zero-order valence-electron chi connectivity index (χ0n) is 20.0. The third-order valence-corrected chi connectivity index (χ3v) is 6.85. The number of carbonyl (C=O) groups excluding carboxylic acids is 2. The average molecular weight is 555 g/mol. The number of nitrogens with zero attached hydrogens (tertiary/aromatic N) is 3. The van der Waals surface area contributed by atoms with E-state index in [-0.39, 0.29) is 24.8 Å². The molecule has 1 heterocycles. The van der Waals surface area contributed by atoms with E-state index in [4.69, 9.17) is 27.9 Å². The van der Waals surface area contributed by atoms with Gasteiger partial charge in [0.25, 0.3) is 5.91 Å². The quantitative estimate of drug-likeness (QED) is 0.251. The van der Waals surface area contributed by atoms with E-state index in [0.717, 1.165) is 16.9 Å². The monoisotopic (exact) mass is 554 g/mol. The Morgan fingerprint density at radius 3 is 2.32 bits per heavy atom. The molecule has 0 unspecified atom stereocenters. The van der Waals surface area contributed by atoms with Crippen molar-refractivity contribution in [2.75, 3.05) is 25.5 Å². The maximum atomic E-state index is 13.3. The van der Waals surface area contributed by atoms with Crippen LogP contribution in [-0.4, -0.2) is 47.1 Å². The summed E-state index contributed by atoms with van der Waals surface area (Å²) in [4.78, 5) is 27.7. The highest BCUT2D eigenvalue weighted by atomic mass is 35.5. The van der Waals surface area contributed by atoms with Crippen molar-refractivity contribution in [3.8, 4) is 16.3 Å². The van der Waals surface area contributed by atoms with Crippen molar-refractivity contribution in [2.45, 2.75) is 12.8 Å². The minimum atomic E-state index is -0.265. The summed E-state index contributed by atoms with van der Waals surface area (Å²) in [7, 11) is 1.61. The molecule has 0 bridgehead atoms. The lowest BCUT2D eigenvalue weighted by Gasteiger charge is -2.23. The minimum Gasteiger partial charge on any atom is -0.497 e. The van der Waals surface area contributed by atoms with Crippen molar-refractivity contribution in [3.63, 3.8) is 0 Å². The van der Waals surface area contributed by atoms with Crippen LogP contribution in [-0.2, 0) is 11.2 Å². The third kappa shape index (κ3) is 7.52. The zero-order chi connectivity index (χ0) is 26.2. The number of ether oxygens (including phenoxy) is 1. The first-order valence-corrected chi connectivity index (χ1v) is 13.1. The van der Waals surface area contributed by atoms with Crippen LogP contribution in [0.3, 0.4) is 0 Å². The molecular formula is C27H24Cl2N4O3S. The van der Waals surface area contributed by atoms with Gasteiger partial charge in [-0.15, -0.1) is 10.2 Å². The summed E-state index contributed by atoms with van der Waals surface area (Å²) in [6.07, 6.45) is 0.733. The molecule has 0 spiro atoms. The molecule has 1 N–H and O–H groups in total. The summed E-state index contributed by atoms with van der Waals surface area (Å²) in [5, 5.41) is 12.8. The highest BCUT2D eigenvalue weighted by Crippen LogP contribution is 2.28. The molecule has 0 saturated heterocycles. The van der Waals surface area contributed by atoms with Crippen LogP contribution in [0.15, 0.2) is 72.8 Å². The Kier molecular flexibility index (Phi) is 9.11. The Labute approximate surface area is 229 Å². The van der Waals surface area contributed by atoms with E-state index in [1.165, 1.54) is 11.3 Å². The molecule has 0 radical (unpaired) electrons. The van der Waals surface area contributed by atoms with Gasteiger partial charge in [0, 0.05) is 40.7 Å². The summed E-state index contributed by atoms with van der Waals surface area (Å²) >= 11 is 13.5. The van der Waals surface area contributed by atoms with Crippen LogP contribution < -0.4 is 10.1 Å². The van der Waals surface area contributed by atoms with Gasteiger partial charge < -0.3 is 15.0 Å². The van der Waals surface area contributed by atoms with Gasteiger partial charge >= 0.3 is 0 Å². The first kappa shape index (κ1) is 26.6. The number of methoxy groups -OCH3 is 1. The predicted molar refractivity (Wildman–Crippen MR) is 148 cm³/mol. The smallest absolute Gasteiger partial charge is 0.253 e. The van der Waals surface area contributed by atoms with Crippen molar-refractivity contribution in [1.29, 1.82) is 0 Å². The van der Waals surface area contributed by atoms with Crippen LogP contribution in [0.4, 0.5) is 5.13 Å². The number of aromatic nitrogens is 2. The molecule has 7 nitrogen and oxygen atoms in total. The van der Waals surface area contributed by atoms with Gasteiger partial charge in [-0.1, -0.05) is 64.9 Å². The second-order valence-corrected chi connectivity index (χ2v) is 9.98. The van der Waals surface area contributed by atoms with E-state index in [0.29, 0.717) is 38.7 Å². The molecule has 0 fully saturated rings. The summed E-state index contributed by atoms with van der Waals surface area (Å²) in [6.45, 7) is 0.645. The van der Waals surface area contributed by atoms with Gasteiger partial charge in [0.2, 0.25) is 11.0 Å². The molecule has 0 aliphatic heterocycles. The summed E-state index contributed by atoms with van der Waals surface area (Å²) in [5.74, 6) is 0.234. The van der Waals surface area contributed by atoms with Gasteiger partial charge in [0.1, 0.15) is 10.8 Å². The topological polar surface area (TPSA) is 84.4 Å². The second kappa shape index (κ2) is 12.7. The minimum absolute atomic E-state index is 0.0896. The maximum Gasteiger partial charge on any atom is 0.253 e. The van der Waals surface area contributed by atoms with Gasteiger partial charge in [-0.3, -0.25) is 9.59 Å². The number of hydrogen-bond donors (Lipinski definition) is 1. The fraction of sp³-hybridized carbons (Fsp3) is 0.185. The number of nitrogens with one attached hydrogen (secondary N) is 1. The Morgan fingerprint density at radius 1 is 0.946 bits per heavy atom. The molecule has 10 heteroatoms. The standard InChI is InChI=1S/C27H24Cl2N4O3S/c1-36-23-9-7-19(8-10-23)25-31-32-27(37-25)30-24(34)12-14-33(13-11-18-5-3-2-4-6-18)26(35)20-15-21(28)17-22(29)16-20/h2-10,15-17H,11-14H2,1H3,(H,30,32,34). The van der Waals surface area contributed by atoms with Crippen LogP contribution in [0.25, 0.3) is 10.6 Å². The number of carbonyl (C=O) groups is 2. The Balaban J connectivity index is 1.40. The third-order valence-electron chi connectivity index (χ3n) is 5.53. The van der Waals surface area contributed by atoms with E-state index in [2.05, 4.69) is 15.5 Å². The SMILES string of the molecule is COc1ccc(-c2nnc(NC(=O)CCN(CCc3ccccc3)C(=O)c3cc(Cl)cc(Cl)c3)s2)cc1. The number of rotatable bonds is 10. The lowest BCUT2D eigenvalue weighted by atomic mass is 10.1. The highest BCUT2D eigenvalue weighted by molar-refractivity contribution is 7.18. The van der Waals surface area contributed by atoms with E-state index in [1.54, 1.807) is 30.2 Å². The molecule has 0 aliphatic rings. The number of halogens is 2. The highest BCUT2D eigenvalue weighted by Gasteiger charge is 2.19. The zero-order valence-corrected chi connectivity index (χ0v) is 22.3. The molecular weight excluding hydrogens is 531 g/mol. The van der Waals surface area contributed by atoms with Gasteiger partial charge in [-0.2, -0.15) is 0 Å². The molecule has 4 rings (SSSR count). The van der Waals surface area contributed by atoms with E-state index in [1.807, 2.05) is 54.6 Å². The van der Waals surface area contributed by atoms with Gasteiger partial charge in [0.15, 0.2) is 0 Å². The van der Waals surface area contributed by atoms with Crippen molar-refractivity contribution >= 4 is 51.5 Å². The fourth-order valence-corrected chi connectivity index (χ4v) is 4.92. The molecule has 3 aromatic carbocycles. The Morgan fingerprint density at radius 2 is 1.65 bits per heavy atom. The van der Waals surface area contributed by atoms with Gasteiger partial charge in [0.05, 0.1) is 7.11 Å². The summed E-state index contributed by atoms with van der Waals surface area (Å²) < 4.78 is 5.18. The lowest BCUT2D eigenvalue weighted by molar-refractivity contribution is -0.116. The first-order valence-electron chi connectivity index (χ1n) is 11.5. The molecule has 1 aromatic heterocycles. The molecule has 0 atom stereocenters. The second-order valence-electron chi connectivity index (χ2n) is 8.12. The maximum absolute atomic E-state index is 13.3. The Bertz CT molecular complexity index is 1340. The number of benzene rings is 3. The summed E-state index contributed by atoms with van der Waals surface area (Å²) in [5.41, 5.74) is 2.34. The average Bonchev–Trinajstić information content (AvgIpc) is 3.36. The van der Waals surface area contributed by atoms with Gasteiger partial charge in [-0.25, -0.2) is 0 Å². The van der Waals surface area contributed by atoms with Crippen LogP contribution in [0.5, 0.6) is 5.75 Å². The number of hydrogen-bond acceptors (Lipinski definition) is 6. The fourth-order valence-electron chi connectivity index (χ4n) is 3.63. The van der Waals surface area contributed by atoms with Crippen molar-refractivity contribution in [3.05, 3.63) is 94.0 Å². The molecule has 190 valence electrons. The van der Waals surface area contributed by atoms with E-state index < -0.39 is 0 Å². The van der Waals surface area contributed by atoms with Crippen LogP contribution in [0, 0.1) is 0 Å². The van der Waals surface area contributed by atoms with Crippen LogP contribution >= 0.6 is 34.5 Å². The molecule has 0 saturated carbocycles. The first-order chi connectivity index (χ1) is 17.9. The lowest BCUT2D eigenvalue weighted by Crippen LogP contribution is -2.35. The van der Waals surface area contributed by atoms with E-state index >= 15 is 0 Å². The largest absolute Gasteiger partial charge is 0.497 e. The van der Waals surface area contributed by atoms with Crippen molar-refractivity contribution in [1.82, 2.24) is 15.1 Å². The number of amides is 2. The van der Waals surface area contributed by atoms with E-state index in [9.17, 15) is 9.59 Å². The molecule has 0 aliphatic carbocycles. The normalized spacial score (nSPS) is 10.7. The predicted octanol–water partition coefficient (Wildman–Crippen LogP) is 6.23. The number of anilines is 1. The molecule has 4 aromatic rings. The van der Waals surface area contributed by atoms with Gasteiger partial charge in [-0.05, 0) is 54.4 Å². The van der Waals surface area contributed by atoms with Crippen LogP contribution in [0.2, 0.25) is 10.0 Å². The van der Waals surface area contributed by atoms with Crippen LogP contribution in [0.1, 0.15) is 22.3 Å². The summed E-state index contributed by atoms with van der Waals surface area (Å²) in [6, 6.07) is 22.0. The van der Waals surface area contributed by atoms with Crippen molar-refractivity contribution in [2.24, 2.45) is 0 Å². The van der Waals surface area contributed by atoms with Crippen molar-refractivity contribution < 1.29 is 14.3 Å². The Hall–Kier alpha value is -3.46. The molecule has 37 heavy (non-hydrogen) atoms. The molecule has 2 amide bonds.